The molecule has 0 unspecified atom stereocenters. The van der Waals surface area contributed by atoms with Gasteiger partial charge < -0.3 is 15.0 Å². The summed E-state index contributed by atoms with van der Waals surface area (Å²) in [5.74, 6) is 0.632. The molecular weight excluding hydrogens is 333 g/mol. The van der Waals surface area contributed by atoms with E-state index in [0.29, 0.717) is 5.75 Å². The molecule has 0 radical (unpaired) electrons. The van der Waals surface area contributed by atoms with Gasteiger partial charge in [0.25, 0.3) is 0 Å². The molecule has 0 aliphatic carbocycles. The van der Waals surface area contributed by atoms with Crippen molar-refractivity contribution in [2.45, 2.75) is 19.3 Å². The molecule has 0 fully saturated rings. The first kappa shape index (κ1) is 18.6. The molecule has 0 aliphatic heterocycles. The lowest BCUT2D eigenvalue weighted by Gasteiger charge is -2.21. The average Bonchev–Trinajstić information content (AvgIpc) is 2.59. The second-order valence-corrected chi connectivity index (χ2v) is 5.48. The summed E-state index contributed by atoms with van der Waals surface area (Å²) in [5.41, 5.74) is 0.0896. The zero-order chi connectivity index (χ0) is 18.4. The Balaban J connectivity index is 2.02. The van der Waals surface area contributed by atoms with Crippen LogP contribution in [0.2, 0.25) is 0 Å². The monoisotopic (exact) mass is 352 g/mol. The standard InChI is InChI=1S/C18H19F3N2O2/c1-23(12-14-8-3-5-9-15(14)18(19,20)21)17(24)22-11-13-7-4-6-10-16(13)25-2/h3-10H,11-12H2,1-2H3,(H,22,24). The van der Waals surface area contributed by atoms with Crippen LogP contribution in [0.25, 0.3) is 0 Å². The molecule has 4 nitrogen and oxygen atoms in total. The Morgan fingerprint density at radius 1 is 1.08 bits per heavy atom. The number of benzene rings is 2. The molecule has 0 aromatic heterocycles. The first-order valence-electron chi connectivity index (χ1n) is 7.59. The van der Waals surface area contributed by atoms with E-state index in [-0.39, 0.29) is 18.7 Å². The third-order valence-corrected chi connectivity index (χ3v) is 3.70. The van der Waals surface area contributed by atoms with Gasteiger partial charge in [0.05, 0.1) is 12.7 Å². The number of hydrogen-bond donors (Lipinski definition) is 1. The number of nitrogens with zero attached hydrogens (tertiary/aromatic N) is 1. The molecule has 2 amide bonds. The minimum Gasteiger partial charge on any atom is -0.496 e. The molecule has 0 atom stereocenters. The Labute approximate surface area is 144 Å². The predicted molar refractivity (Wildman–Crippen MR) is 88.1 cm³/mol. The van der Waals surface area contributed by atoms with Gasteiger partial charge in [-0.05, 0) is 17.7 Å². The molecule has 25 heavy (non-hydrogen) atoms. The molecule has 0 aliphatic rings. The molecule has 2 rings (SSSR count). The number of methoxy groups -OCH3 is 1. The van der Waals surface area contributed by atoms with Crippen LogP contribution in [0.1, 0.15) is 16.7 Å². The van der Waals surface area contributed by atoms with E-state index >= 15 is 0 Å². The molecule has 2 aromatic carbocycles. The highest BCUT2D eigenvalue weighted by Crippen LogP contribution is 2.32. The number of urea groups is 1. The lowest BCUT2D eigenvalue weighted by Crippen LogP contribution is -2.36. The van der Waals surface area contributed by atoms with E-state index in [4.69, 9.17) is 4.74 Å². The van der Waals surface area contributed by atoms with Gasteiger partial charge in [-0.25, -0.2) is 4.79 Å². The fourth-order valence-corrected chi connectivity index (χ4v) is 2.42. The average molecular weight is 352 g/mol. The highest BCUT2D eigenvalue weighted by Gasteiger charge is 2.33. The van der Waals surface area contributed by atoms with Gasteiger partial charge in [0, 0.05) is 25.7 Å². The Morgan fingerprint density at radius 3 is 2.32 bits per heavy atom. The number of hydrogen-bond acceptors (Lipinski definition) is 2. The largest absolute Gasteiger partial charge is 0.496 e. The second kappa shape index (κ2) is 7.92. The van der Waals surface area contributed by atoms with Crippen molar-refractivity contribution in [2.24, 2.45) is 0 Å². The molecule has 7 heteroatoms. The number of ether oxygens (including phenoxy) is 1. The van der Waals surface area contributed by atoms with Gasteiger partial charge in [-0.1, -0.05) is 36.4 Å². The van der Waals surface area contributed by atoms with Crippen LogP contribution in [0.5, 0.6) is 5.75 Å². The van der Waals surface area contributed by atoms with Crippen LogP contribution in [0, 0.1) is 0 Å². The molecular formula is C18H19F3N2O2. The minimum atomic E-state index is -4.45. The van der Waals surface area contributed by atoms with Crippen LogP contribution < -0.4 is 10.1 Å². The van der Waals surface area contributed by atoms with Gasteiger partial charge in [-0.2, -0.15) is 13.2 Å². The van der Waals surface area contributed by atoms with Crippen molar-refractivity contribution < 1.29 is 22.7 Å². The summed E-state index contributed by atoms with van der Waals surface area (Å²) in [6.07, 6.45) is -4.45. The van der Waals surface area contributed by atoms with Crippen molar-refractivity contribution in [3.05, 3.63) is 65.2 Å². The van der Waals surface area contributed by atoms with Crippen molar-refractivity contribution in [1.29, 1.82) is 0 Å². The first-order valence-corrected chi connectivity index (χ1v) is 7.59. The van der Waals surface area contributed by atoms with Crippen molar-refractivity contribution in [1.82, 2.24) is 10.2 Å². The number of carbonyl (C=O) groups excluding carboxylic acids is 1. The van der Waals surface area contributed by atoms with Crippen molar-refractivity contribution >= 4 is 6.03 Å². The SMILES string of the molecule is COc1ccccc1CNC(=O)N(C)Cc1ccccc1C(F)(F)F. The fraction of sp³-hybridized carbons (Fsp3) is 0.278. The highest BCUT2D eigenvalue weighted by molar-refractivity contribution is 5.74. The Bertz CT molecular complexity index is 732. The van der Waals surface area contributed by atoms with Gasteiger partial charge in [0.15, 0.2) is 0 Å². The normalized spacial score (nSPS) is 11.1. The van der Waals surface area contributed by atoms with Gasteiger partial charge >= 0.3 is 12.2 Å². The number of alkyl halides is 3. The highest BCUT2D eigenvalue weighted by atomic mass is 19.4. The van der Waals surface area contributed by atoms with Crippen molar-refractivity contribution in [3.8, 4) is 5.75 Å². The number of nitrogens with one attached hydrogen (secondary N) is 1. The number of halogens is 3. The molecule has 2 aromatic rings. The number of carbonyl (C=O) groups is 1. The van der Waals surface area contributed by atoms with E-state index < -0.39 is 17.8 Å². The first-order chi connectivity index (χ1) is 11.8. The molecule has 0 bridgehead atoms. The van der Waals surface area contributed by atoms with Crippen LogP contribution in [0.4, 0.5) is 18.0 Å². The van der Waals surface area contributed by atoms with E-state index in [1.807, 2.05) is 12.1 Å². The Kier molecular flexibility index (Phi) is 5.90. The lowest BCUT2D eigenvalue weighted by molar-refractivity contribution is -0.138. The third-order valence-electron chi connectivity index (χ3n) is 3.70. The topological polar surface area (TPSA) is 41.6 Å². The Hall–Kier alpha value is -2.70. The maximum Gasteiger partial charge on any atom is 0.416 e. The van der Waals surface area contributed by atoms with Crippen molar-refractivity contribution in [3.63, 3.8) is 0 Å². The molecule has 0 spiro atoms. The summed E-state index contributed by atoms with van der Waals surface area (Å²) < 4.78 is 44.3. The zero-order valence-corrected chi connectivity index (χ0v) is 13.9. The van der Waals surface area contributed by atoms with Gasteiger partial charge in [0.2, 0.25) is 0 Å². The van der Waals surface area contributed by atoms with Gasteiger partial charge in [-0.15, -0.1) is 0 Å². The summed E-state index contributed by atoms with van der Waals surface area (Å²) in [7, 11) is 2.98. The smallest absolute Gasteiger partial charge is 0.416 e. The predicted octanol–water partition coefficient (Wildman–Crippen LogP) is 4.06. The summed E-state index contributed by atoms with van der Waals surface area (Å²) >= 11 is 0. The molecule has 0 saturated heterocycles. The van der Waals surface area contributed by atoms with E-state index in [0.717, 1.165) is 11.6 Å². The van der Waals surface area contributed by atoms with Gasteiger partial charge in [0.1, 0.15) is 5.75 Å². The van der Waals surface area contributed by atoms with Gasteiger partial charge in [-0.3, -0.25) is 0 Å². The summed E-state index contributed by atoms with van der Waals surface area (Å²) in [4.78, 5) is 13.4. The third kappa shape index (κ3) is 4.89. The molecule has 1 N–H and O–H groups in total. The van der Waals surface area contributed by atoms with E-state index in [1.165, 1.54) is 37.3 Å². The number of para-hydroxylation sites is 1. The number of amides is 2. The van der Waals surface area contributed by atoms with Crippen LogP contribution >= 0.6 is 0 Å². The molecule has 0 saturated carbocycles. The van der Waals surface area contributed by atoms with Crippen LogP contribution in [0.3, 0.4) is 0 Å². The minimum absolute atomic E-state index is 0.0462. The quantitative estimate of drug-likeness (QED) is 0.882. The van der Waals surface area contributed by atoms with Crippen molar-refractivity contribution in [2.75, 3.05) is 14.2 Å². The van der Waals surface area contributed by atoms with Crippen LogP contribution in [0.15, 0.2) is 48.5 Å². The second-order valence-electron chi connectivity index (χ2n) is 5.48. The zero-order valence-electron chi connectivity index (χ0n) is 13.9. The van der Waals surface area contributed by atoms with E-state index in [9.17, 15) is 18.0 Å². The maximum absolute atomic E-state index is 13.0. The fourth-order valence-electron chi connectivity index (χ4n) is 2.42. The van der Waals surface area contributed by atoms with Crippen LogP contribution in [-0.4, -0.2) is 25.1 Å². The molecule has 134 valence electrons. The van der Waals surface area contributed by atoms with E-state index in [1.54, 1.807) is 12.1 Å². The Morgan fingerprint density at radius 2 is 1.68 bits per heavy atom. The summed E-state index contributed by atoms with van der Waals surface area (Å²) in [6.45, 7) is 0.0710. The van der Waals surface area contributed by atoms with E-state index in [2.05, 4.69) is 5.32 Å². The summed E-state index contributed by atoms with van der Waals surface area (Å²) in [6, 6.07) is 11.9. The maximum atomic E-state index is 13.0. The van der Waals surface area contributed by atoms with Crippen LogP contribution in [-0.2, 0) is 19.3 Å². The molecule has 0 heterocycles. The lowest BCUT2D eigenvalue weighted by atomic mass is 10.1. The summed E-state index contributed by atoms with van der Waals surface area (Å²) in [5, 5.41) is 2.68. The number of rotatable bonds is 5.